The molecule has 1 aromatic heterocycles. The number of tetrazole rings is 1. The smallest absolute Gasteiger partial charge is 0.182 e. The molecule has 1 aromatic carbocycles. The van der Waals surface area contributed by atoms with Crippen molar-refractivity contribution >= 4 is 5.69 Å². The van der Waals surface area contributed by atoms with Crippen LogP contribution in [0.4, 0.5) is 5.69 Å². The maximum absolute atomic E-state index is 6.00. The molecule has 1 heterocycles. The SMILES string of the molecule is CCOc1ccc(-c2nnnn2CC2CC2C)cc1N. The Hall–Kier alpha value is -2.11. The highest BCUT2D eigenvalue weighted by molar-refractivity contribution is 5.66. The van der Waals surface area contributed by atoms with Gasteiger partial charge in [0, 0.05) is 12.1 Å². The summed E-state index contributed by atoms with van der Waals surface area (Å²) in [6.07, 6.45) is 1.25. The number of hydrogen-bond acceptors (Lipinski definition) is 5. The van der Waals surface area contributed by atoms with Gasteiger partial charge in [0.2, 0.25) is 0 Å². The van der Waals surface area contributed by atoms with Crippen LogP contribution in [0.1, 0.15) is 20.3 Å². The van der Waals surface area contributed by atoms with E-state index in [2.05, 4.69) is 22.4 Å². The summed E-state index contributed by atoms with van der Waals surface area (Å²) in [7, 11) is 0. The number of hydrogen-bond donors (Lipinski definition) is 1. The zero-order valence-corrected chi connectivity index (χ0v) is 11.8. The molecule has 1 saturated carbocycles. The first-order chi connectivity index (χ1) is 9.69. The molecule has 0 amide bonds. The predicted octanol–water partition coefficient (Wildman–Crippen LogP) is 1.98. The van der Waals surface area contributed by atoms with Crippen molar-refractivity contribution in [3.05, 3.63) is 18.2 Å². The lowest BCUT2D eigenvalue weighted by Gasteiger charge is -2.09. The Morgan fingerprint density at radius 3 is 2.90 bits per heavy atom. The van der Waals surface area contributed by atoms with Gasteiger partial charge in [0.15, 0.2) is 5.82 Å². The molecule has 1 fully saturated rings. The molecule has 2 unspecified atom stereocenters. The Bertz CT molecular complexity index is 609. The molecule has 1 aliphatic rings. The Balaban J connectivity index is 1.85. The average molecular weight is 273 g/mol. The third kappa shape index (κ3) is 2.45. The first kappa shape index (κ1) is 12.9. The minimum Gasteiger partial charge on any atom is -0.492 e. The van der Waals surface area contributed by atoms with Crippen molar-refractivity contribution in [1.82, 2.24) is 20.2 Å². The molecule has 0 radical (unpaired) electrons. The summed E-state index contributed by atoms with van der Waals surface area (Å²) in [5.41, 5.74) is 7.53. The summed E-state index contributed by atoms with van der Waals surface area (Å²) >= 11 is 0. The van der Waals surface area contributed by atoms with E-state index in [0.29, 0.717) is 24.0 Å². The van der Waals surface area contributed by atoms with E-state index in [9.17, 15) is 0 Å². The second-order valence-corrected chi connectivity index (χ2v) is 5.34. The minimum atomic E-state index is 0.598. The van der Waals surface area contributed by atoms with Gasteiger partial charge in [-0.1, -0.05) is 6.92 Å². The van der Waals surface area contributed by atoms with E-state index in [1.54, 1.807) is 0 Å². The van der Waals surface area contributed by atoms with Gasteiger partial charge in [-0.25, -0.2) is 4.68 Å². The molecule has 0 aliphatic heterocycles. The summed E-state index contributed by atoms with van der Waals surface area (Å²) in [4.78, 5) is 0. The molecule has 6 nitrogen and oxygen atoms in total. The van der Waals surface area contributed by atoms with Gasteiger partial charge in [-0.15, -0.1) is 5.10 Å². The fourth-order valence-corrected chi connectivity index (χ4v) is 2.38. The molecule has 0 spiro atoms. The van der Waals surface area contributed by atoms with Gasteiger partial charge < -0.3 is 10.5 Å². The third-order valence-corrected chi connectivity index (χ3v) is 3.78. The van der Waals surface area contributed by atoms with E-state index in [-0.39, 0.29) is 0 Å². The van der Waals surface area contributed by atoms with E-state index >= 15 is 0 Å². The molecule has 2 aromatic rings. The predicted molar refractivity (Wildman–Crippen MR) is 76.1 cm³/mol. The van der Waals surface area contributed by atoms with Crippen LogP contribution in [0, 0.1) is 11.8 Å². The monoisotopic (exact) mass is 273 g/mol. The van der Waals surface area contributed by atoms with E-state index < -0.39 is 0 Å². The number of rotatable bonds is 5. The Labute approximate surface area is 117 Å². The summed E-state index contributed by atoms with van der Waals surface area (Å²) in [6.45, 7) is 5.66. The zero-order valence-electron chi connectivity index (χ0n) is 11.8. The highest BCUT2D eigenvalue weighted by atomic mass is 16.5. The standard InChI is InChI=1S/C14H19N5O/c1-3-20-13-5-4-10(7-12(13)15)14-16-17-18-19(14)8-11-6-9(11)2/h4-5,7,9,11H,3,6,8,15H2,1-2H3. The quantitative estimate of drug-likeness (QED) is 0.843. The normalized spacial score (nSPS) is 20.9. The Morgan fingerprint density at radius 1 is 1.45 bits per heavy atom. The number of nitrogen functional groups attached to an aromatic ring is 1. The maximum Gasteiger partial charge on any atom is 0.182 e. The van der Waals surface area contributed by atoms with Crippen molar-refractivity contribution in [2.45, 2.75) is 26.8 Å². The molecule has 1 aliphatic carbocycles. The molecule has 2 atom stereocenters. The summed E-state index contributed by atoms with van der Waals surface area (Å²) < 4.78 is 7.31. The summed E-state index contributed by atoms with van der Waals surface area (Å²) in [5.74, 6) is 2.93. The molecule has 0 saturated heterocycles. The zero-order chi connectivity index (χ0) is 14.1. The van der Waals surface area contributed by atoms with Crippen molar-refractivity contribution in [1.29, 1.82) is 0 Å². The molecule has 3 rings (SSSR count). The number of anilines is 1. The lowest BCUT2D eigenvalue weighted by Crippen LogP contribution is -2.06. The number of nitrogens with zero attached hydrogens (tertiary/aromatic N) is 4. The van der Waals surface area contributed by atoms with Crippen LogP contribution in [-0.2, 0) is 6.54 Å². The number of aromatic nitrogens is 4. The van der Waals surface area contributed by atoms with E-state index in [1.807, 2.05) is 29.8 Å². The number of ether oxygens (including phenoxy) is 1. The first-order valence-corrected chi connectivity index (χ1v) is 6.98. The lowest BCUT2D eigenvalue weighted by molar-refractivity contribution is 0.342. The van der Waals surface area contributed by atoms with E-state index in [1.165, 1.54) is 6.42 Å². The van der Waals surface area contributed by atoms with Crippen LogP contribution in [0.15, 0.2) is 18.2 Å². The molecular weight excluding hydrogens is 254 g/mol. The van der Waals surface area contributed by atoms with Gasteiger partial charge in [-0.3, -0.25) is 0 Å². The van der Waals surface area contributed by atoms with Crippen molar-refractivity contribution in [3.63, 3.8) is 0 Å². The van der Waals surface area contributed by atoms with E-state index in [4.69, 9.17) is 10.5 Å². The third-order valence-electron chi connectivity index (χ3n) is 3.78. The lowest BCUT2D eigenvalue weighted by atomic mass is 10.1. The first-order valence-electron chi connectivity index (χ1n) is 6.98. The second-order valence-electron chi connectivity index (χ2n) is 5.34. The van der Waals surface area contributed by atoms with Crippen molar-refractivity contribution < 1.29 is 4.74 Å². The minimum absolute atomic E-state index is 0.598. The van der Waals surface area contributed by atoms with Gasteiger partial charge in [-0.2, -0.15) is 0 Å². The fraction of sp³-hybridized carbons (Fsp3) is 0.500. The molecule has 2 N–H and O–H groups in total. The molecule has 106 valence electrons. The van der Waals surface area contributed by atoms with Crippen LogP contribution in [0.3, 0.4) is 0 Å². The topological polar surface area (TPSA) is 78.9 Å². The van der Waals surface area contributed by atoms with Crippen LogP contribution in [-0.4, -0.2) is 26.8 Å². The van der Waals surface area contributed by atoms with Crippen LogP contribution >= 0.6 is 0 Å². The Morgan fingerprint density at radius 2 is 2.25 bits per heavy atom. The Kier molecular flexibility index (Phi) is 3.30. The van der Waals surface area contributed by atoms with Gasteiger partial charge in [0.05, 0.1) is 12.3 Å². The van der Waals surface area contributed by atoms with Crippen molar-refractivity contribution in [2.24, 2.45) is 11.8 Å². The van der Waals surface area contributed by atoms with Crippen molar-refractivity contribution in [3.8, 4) is 17.1 Å². The summed E-state index contributed by atoms with van der Waals surface area (Å²) in [6, 6.07) is 5.68. The average Bonchev–Trinajstić information content (AvgIpc) is 2.93. The van der Waals surface area contributed by atoms with Crippen molar-refractivity contribution in [2.75, 3.05) is 12.3 Å². The van der Waals surface area contributed by atoms with E-state index in [0.717, 1.165) is 23.9 Å². The maximum atomic E-state index is 6.00. The molecule has 20 heavy (non-hydrogen) atoms. The van der Waals surface area contributed by atoms with Gasteiger partial charge in [0.25, 0.3) is 0 Å². The van der Waals surface area contributed by atoms with Gasteiger partial charge in [-0.05, 0) is 53.8 Å². The largest absolute Gasteiger partial charge is 0.492 e. The number of nitrogens with two attached hydrogens (primary N) is 1. The highest BCUT2D eigenvalue weighted by Crippen LogP contribution is 2.39. The van der Waals surface area contributed by atoms with Crippen LogP contribution in [0.2, 0.25) is 0 Å². The van der Waals surface area contributed by atoms with Gasteiger partial charge >= 0.3 is 0 Å². The van der Waals surface area contributed by atoms with Gasteiger partial charge in [0.1, 0.15) is 5.75 Å². The van der Waals surface area contributed by atoms with Crippen LogP contribution < -0.4 is 10.5 Å². The summed E-state index contributed by atoms with van der Waals surface area (Å²) in [5, 5.41) is 12.0. The van der Waals surface area contributed by atoms with Crippen LogP contribution in [0.5, 0.6) is 5.75 Å². The van der Waals surface area contributed by atoms with Crippen LogP contribution in [0.25, 0.3) is 11.4 Å². The second kappa shape index (κ2) is 5.11. The fourth-order valence-electron chi connectivity index (χ4n) is 2.38. The molecular formula is C14H19N5O. The molecule has 0 bridgehead atoms. The number of benzene rings is 1. The highest BCUT2D eigenvalue weighted by Gasteiger charge is 2.33. The molecule has 6 heteroatoms.